The van der Waals surface area contributed by atoms with Gasteiger partial charge in [-0.15, -0.1) is 0 Å². The first kappa shape index (κ1) is 10.5. The van der Waals surface area contributed by atoms with Gasteiger partial charge in [0.05, 0.1) is 21.3 Å². The first-order valence-electron chi connectivity index (χ1n) is 5.46. The fourth-order valence-corrected chi connectivity index (χ4v) is 2.54. The highest BCUT2D eigenvalue weighted by Gasteiger charge is 2.40. The van der Waals surface area contributed by atoms with Crippen LogP contribution >= 0.6 is 0 Å². The van der Waals surface area contributed by atoms with Crippen LogP contribution in [0.5, 0.6) is 17.2 Å². The van der Waals surface area contributed by atoms with Gasteiger partial charge in [-0.3, -0.25) is 0 Å². The van der Waals surface area contributed by atoms with Gasteiger partial charge in [0.2, 0.25) is 0 Å². The third kappa shape index (κ3) is 1.27. The lowest BCUT2D eigenvalue weighted by atomic mass is 9.94. The molecule has 17 heavy (non-hydrogen) atoms. The minimum atomic E-state index is -0.0473. The molecule has 2 atom stereocenters. The van der Waals surface area contributed by atoms with Crippen LogP contribution in [0, 0.1) is 0 Å². The second-order valence-corrected chi connectivity index (χ2v) is 4.00. The number of methoxy groups -OCH3 is 3. The topological polar surface area (TPSA) is 36.9 Å². The zero-order chi connectivity index (χ0) is 12.0. The van der Waals surface area contributed by atoms with Crippen molar-refractivity contribution in [2.24, 2.45) is 0 Å². The van der Waals surface area contributed by atoms with Crippen LogP contribution < -0.4 is 14.2 Å². The molecule has 2 heterocycles. The van der Waals surface area contributed by atoms with Crippen LogP contribution in [-0.2, 0) is 4.74 Å². The Balaban J connectivity index is 2.27. The van der Waals surface area contributed by atoms with Crippen LogP contribution in [0.3, 0.4) is 0 Å². The van der Waals surface area contributed by atoms with Gasteiger partial charge in [0.15, 0.2) is 11.5 Å². The number of fused-ring (bicyclic) bond motifs is 5. The smallest absolute Gasteiger partial charge is 0.167 e. The Kier molecular flexibility index (Phi) is 2.26. The van der Waals surface area contributed by atoms with Crippen LogP contribution in [-0.4, -0.2) is 21.3 Å². The lowest BCUT2D eigenvalue weighted by molar-refractivity contribution is 0.0861. The maximum Gasteiger partial charge on any atom is 0.167 e. The van der Waals surface area contributed by atoms with Crippen LogP contribution in [0.25, 0.3) is 0 Å². The van der Waals surface area contributed by atoms with Gasteiger partial charge in [0, 0.05) is 17.2 Å². The number of hydrogen-bond acceptors (Lipinski definition) is 4. The summed E-state index contributed by atoms with van der Waals surface area (Å²) in [4.78, 5) is 0. The largest absolute Gasteiger partial charge is 0.496 e. The molecule has 0 amide bonds. The molecule has 0 aliphatic carbocycles. The SMILES string of the molecule is COc1cc(OC)c2c(c1OC)C1C=CC2O1. The molecule has 4 heteroatoms. The third-order valence-electron chi connectivity index (χ3n) is 3.25. The fourth-order valence-electron chi connectivity index (χ4n) is 2.54. The van der Waals surface area contributed by atoms with Gasteiger partial charge < -0.3 is 18.9 Å². The van der Waals surface area contributed by atoms with Crippen molar-refractivity contribution in [2.75, 3.05) is 21.3 Å². The molecule has 0 N–H and O–H groups in total. The zero-order valence-corrected chi connectivity index (χ0v) is 10.0. The van der Waals surface area contributed by atoms with Crippen LogP contribution in [0.4, 0.5) is 0 Å². The van der Waals surface area contributed by atoms with Crippen molar-refractivity contribution >= 4 is 0 Å². The summed E-state index contributed by atoms with van der Waals surface area (Å²) in [5.41, 5.74) is 2.08. The maximum absolute atomic E-state index is 5.80. The van der Waals surface area contributed by atoms with Crippen LogP contribution in [0.2, 0.25) is 0 Å². The molecule has 2 aliphatic rings. The summed E-state index contributed by atoms with van der Waals surface area (Å²) in [5, 5.41) is 0. The van der Waals surface area contributed by atoms with Gasteiger partial charge in [-0.2, -0.15) is 0 Å². The lowest BCUT2D eigenvalue weighted by Crippen LogP contribution is -2.03. The van der Waals surface area contributed by atoms with E-state index in [0.29, 0.717) is 5.75 Å². The highest BCUT2D eigenvalue weighted by molar-refractivity contribution is 5.63. The second-order valence-electron chi connectivity index (χ2n) is 4.00. The van der Waals surface area contributed by atoms with Crippen molar-refractivity contribution in [3.63, 3.8) is 0 Å². The van der Waals surface area contributed by atoms with E-state index in [2.05, 4.69) is 0 Å². The molecule has 0 spiro atoms. The molecule has 90 valence electrons. The molecule has 3 rings (SSSR count). The number of benzene rings is 1. The highest BCUT2D eigenvalue weighted by atomic mass is 16.5. The molecular formula is C13H14O4. The minimum absolute atomic E-state index is 0.0234. The van der Waals surface area contributed by atoms with E-state index in [1.165, 1.54) is 0 Å². The van der Waals surface area contributed by atoms with Crippen LogP contribution in [0.1, 0.15) is 23.3 Å². The number of hydrogen-bond donors (Lipinski definition) is 0. The minimum Gasteiger partial charge on any atom is -0.496 e. The van der Waals surface area contributed by atoms with Gasteiger partial charge in [-0.1, -0.05) is 12.2 Å². The van der Waals surface area contributed by atoms with E-state index in [4.69, 9.17) is 18.9 Å². The first-order valence-corrected chi connectivity index (χ1v) is 5.46. The maximum atomic E-state index is 5.80. The normalized spacial score (nSPS) is 23.7. The molecule has 1 aromatic rings. The Morgan fingerprint density at radius 3 is 2.12 bits per heavy atom. The Morgan fingerprint density at radius 2 is 1.53 bits per heavy atom. The van der Waals surface area contributed by atoms with Crippen LogP contribution in [0.15, 0.2) is 18.2 Å². The van der Waals surface area contributed by atoms with E-state index in [1.54, 1.807) is 21.3 Å². The first-order chi connectivity index (χ1) is 8.30. The van der Waals surface area contributed by atoms with E-state index in [-0.39, 0.29) is 12.2 Å². The predicted molar refractivity (Wildman–Crippen MR) is 61.8 cm³/mol. The van der Waals surface area contributed by atoms with E-state index >= 15 is 0 Å². The standard InChI is InChI=1S/C13H14O4/c1-14-9-6-10(15-2)13(16-3)12-8-5-4-7(17-8)11(9)12/h4-8H,1-3H3. The number of rotatable bonds is 3. The van der Waals surface area contributed by atoms with Gasteiger partial charge in [0.1, 0.15) is 18.0 Å². The molecule has 2 aliphatic heterocycles. The monoisotopic (exact) mass is 234 g/mol. The molecule has 0 fully saturated rings. The average Bonchev–Trinajstić information content (AvgIpc) is 2.98. The molecule has 4 nitrogen and oxygen atoms in total. The molecule has 2 bridgehead atoms. The molecule has 2 unspecified atom stereocenters. The summed E-state index contributed by atoms with van der Waals surface area (Å²) >= 11 is 0. The summed E-state index contributed by atoms with van der Waals surface area (Å²) in [6, 6.07) is 1.84. The summed E-state index contributed by atoms with van der Waals surface area (Å²) in [6.45, 7) is 0. The molecule has 0 saturated carbocycles. The predicted octanol–water partition coefficient (Wildman–Crippen LogP) is 2.39. The molecular weight excluding hydrogens is 220 g/mol. The molecule has 1 aromatic carbocycles. The molecule has 0 saturated heterocycles. The average molecular weight is 234 g/mol. The van der Waals surface area contributed by atoms with Gasteiger partial charge in [-0.05, 0) is 0 Å². The Morgan fingerprint density at radius 1 is 0.882 bits per heavy atom. The van der Waals surface area contributed by atoms with E-state index in [0.717, 1.165) is 22.6 Å². The number of ether oxygens (including phenoxy) is 4. The summed E-state index contributed by atoms with van der Waals surface area (Å²) in [5.74, 6) is 2.20. The van der Waals surface area contributed by atoms with Crippen molar-refractivity contribution in [1.82, 2.24) is 0 Å². The van der Waals surface area contributed by atoms with Crippen molar-refractivity contribution in [3.05, 3.63) is 29.3 Å². The van der Waals surface area contributed by atoms with Crippen molar-refractivity contribution in [3.8, 4) is 17.2 Å². The fraction of sp³-hybridized carbons (Fsp3) is 0.385. The summed E-state index contributed by atoms with van der Waals surface area (Å²) < 4.78 is 22.0. The second kappa shape index (κ2) is 3.67. The van der Waals surface area contributed by atoms with E-state index in [1.807, 2.05) is 18.2 Å². The van der Waals surface area contributed by atoms with Crippen molar-refractivity contribution in [2.45, 2.75) is 12.2 Å². The van der Waals surface area contributed by atoms with E-state index < -0.39 is 0 Å². The van der Waals surface area contributed by atoms with Gasteiger partial charge >= 0.3 is 0 Å². The lowest BCUT2D eigenvalue weighted by Gasteiger charge is -2.18. The van der Waals surface area contributed by atoms with Crippen molar-refractivity contribution < 1.29 is 18.9 Å². The molecule has 0 radical (unpaired) electrons. The quantitative estimate of drug-likeness (QED) is 0.752. The summed E-state index contributed by atoms with van der Waals surface area (Å²) in [7, 11) is 4.91. The Bertz CT molecular complexity index is 493. The highest BCUT2D eigenvalue weighted by Crippen LogP contribution is 2.55. The zero-order valence-electron chi connectivity index (χ0n) is 10.0. The summed E-state index contributed by atoms with van der Waals surface area (Å²) in [6.07, 6.45) is 4.01. The van der Waals surface area contributed by atoms with Gasteiger partial charge in [-0.25, -0.2) is 0 Å². The van der Waals surface area contributed by atoms with Gasteiger partial charge in [0.25, 0.3) is 0 Å². The molecule has 0 aromatic heterocycles. The van der Waals surface area contributed by atoms with Crippen molar-refractivity contribution in [1.29, 1.82) is 0 Å². The van der Waals surface area contributed by atoms with E-state index in [9.17, 15) is 0 Å². The Hall–Kier alpha value is -1.68. The third-order valence-corrected chi connectivity index (χ3v) is 3.25. The Labute approximate surface area is 99.7 Å².